The monoisotopic (exact) mass is 369 g/mol. The van der Waals surface area contributed by atoms with Gasteiger partial charge in [0.15, 0.2) is 0 Å². The van der Waals surface area contributed by atoms with Crippen molar-refractivity contribution in [3.05, 3.63) is 41.5 Å². The highest BCUT2D eigenvalue weighted by Crippen LogP contribution is 2.36. The van der Waals surface area contributed by atoms with Gasteiger partial charge in [-0.15, -0.1) is 5.06 Å². The normalized spacial score (nSPS) is 18.3. The van der Waals surface area contributed by atoms with E-state index in [4.69, 9.17) is 15.3 Å². The predicted octanol–water partition coefficient (Wildman–Crippen LogP) is 1.94. The molecule has 0 aromatic heterocycles. The largest absolute Gasteiger partial charge is 0.378 e. The van der Waals surface area contributed by atoms with E-state index < -0.39 is 11.8 Å². The SMILES string of the molecule is CC(CCN)ON1C(=O)c2cccc3c(N4CCOCC4)ccc(c23)C1=O. The summed E-state index contributed by atoms with van der Waals surface area (Å²) >= 11 is 0. The molecule has 2 aliphatic heterocycles. The molecule has 2 aliphatic rings. The summed E-state index contributed by atoms with van der Waals surface area (Å²) in [6, 6.07) is 9.28. The third-order valence-corrected chi connectivity index (χ3v) is 5.06. The van der Waals surface area contributed by atoms with Crippen molar-refractivity contribution in [1.29, 1.82) is 0 Å². The zero-order valence-electron chi connectivity index (χ0n) is 15.3. The van der Waals surface area contributed by atoms with Crippen molar-refractivity contribution in [2.45, 2.75) is 19.4 Å². The second-order valence-electron chi connectivity index (χ2n) is 6.86. The van der Waals surface area contributed by atoms with Crippen molar-refractivity contribution in [2.24, 2.45) is 5.73 Å². The number of hydroxylamine groups is 2. The quantitative estimate of drug-likeness (QED) is 0.811. The lowest BCUT2D eigenvalue weighted by Gasteiger charge is -2.32. The maximum absolute atomic E-state index is 13.0. The summed E-state index contributed by atoms with van der Waals surface area (Å²) in [4.78, 5) is 33.8. The standard InChI is InChI=1S/C20H23N3O4/c1-13(7-8-21)27-23-19(24)15-4-2-3-14-17(22-9-11-26-12-10-22)6-5-16(18(14)15)20(23)25/h2-6,13H,7-12,21H2,1H3. The Kier molecular flexibility index (Phi) is 4.82. The molecule has 4 rings (SSSR count). The molecule has 0 saturated carbocycles. The summed E-state index contributed by atoms with van der Waals surface area (Å²) in [7, 11) is 0. The van der Waals surface area contributed by atoms with Crippen LogP contribution in [0, 0.1) is 0 Å². The summed E-state index contributed by atoms with van der Waals surface area (Å²) in [5, 5.41) is 2.48. The molecule has 0 bridgehead atoms. The first kappa shape index (κ1) is 17.9. The molecular weight excluding hydrogens is 346 g/mol. The zero-order chi connectivity index (χ0) is 19.0. The molecule has 1 atom stereocenters. The van der Waals surface area contributed by atoms with Crippen molar-refractivity contribution in [2.75, 3.05) is 37.7 Å². The van der Waals surface area contributed by atoms with Gasteiger partial charge in [0, 0.05) is 29.5 Å². The minimum absolute atomic E-state index is 0.323. The van der Waals surface area contributed by atoms with E-state index in [9.17, 15) is 9.59 Å². The van der Waals surface area contributed by atoms with Crippen molar-refractivity contribution in [3.63, 3.8) is 0 Å². The second-order valence-corrected chi connectivity index (χ2v) is 6.86. The smallest absolute Gasteiger partial charge is 0.285 e. The van der Waals surface area contributed by atoms with E-state index in [1.54, 1.807) is 19.1 Å². The van der Waals surface area contributed by atoms with Crippen molar-refractivity contribution in [3.8, 4) is 0 Å². The van der Waals surface area contributed by atoms with Crippen LogP contribution in [0.5, 0.6) is 0 Å². The first-order chi connectivity index (χ1) is 13.1. The first-order valence-corrected chi connectivity index (χ1v) is 9.26. The number of nitrogens with two attached hydrogens (primary N) is 1. The summed E-state index contributed by atoms with van der Waals surface area (Å²) in [5.41, 5.74) is 7.53. The topological polar surface area (TPSA) is 85.1 Å². The summed E-state index contributed by atoms with van der Waals surface area (Å²) in [5.74, 6) is -0.859. The van der Waals surface area contributed by atoms with Crippen LogP contribution in [0.25, 0.3) is 10.8 Å². The van der Waals surface area contributed by atoms with Gasteiger partial charge in [0.25, 0.3) is 11.8 Å². The van der Waals surface area contributed by atoms with E-state index in [1.165, 1.54) is 0 Å². The second kappa shape index (κ2) is 7.26. The van der Waals surface area contributed by atoms with Gasteiger partial charge in [-0.25, -0.2) is 0 Å². The molecule has 0 radical (unpaired) electrons. The van der Waals surface area contributed by atoms with E-state index in [0.717, 1.165) is 29.2 Å². The fourth-order valence-corrected chi connectivity index (χ4v) is 3.70. The number of amides is 2. The van der Waals surface area contributed by atoms with Gasteiger partial charge in [-0.05, 0) is 38.1 Å². The lowest BCUT2D eigenvalue weighted by molar-refractivity contribution is -0.130. The van der Waals surface area contributed by atoms with E-state index >= 15 is 0 Å². The Bertz CT molecular complexity index is 870. The molecule has 1 saturated heterocycles. The van der Waals surface area contributed by atoms with Gasteiger partial charge in [0.1, 0.15) is 0 Å². The minimum atomic E-state index is -0.430. The highest BCUT2D eigenvalue weighted by atomic mass is 16.7. The lowest BCUT2D eigenvalue weighted by atomic mass is 9.93. The van der Waals surface area contributed by atoms with Gasteiger partial charge in [-0.2, -0.15) is 0 Å². The number of ether oxygens (including phenoxy) is 1. The summed E-state index contributed by atoms with van der Waals surface area (Å²) < 4.78 is 5.44. The number of morpholine rings is 1. The number of hydrogen-bond donors (Lipinski definition) is 1. The number of anilines is 1. The Morgan fingerprint density at radius 2 is 1.81 bits per heavy atom. The average molecular weight is 369 g/mol. The van der Waals surface area contributed by atoms with Gasteiger partial charge in [-0.3, -0.25) is 14.4 Å². The zero-order valence-corrected chi connectivity index (χ0v) is 15.3. The third kappa shape index (κ3) is 3.07. The van der Waals surface area contributed by atoms with Crippen LogP contribution in [-0.4, -0.2) is 55.8 Å². The molecule has 7 heteroatoms. The molecule has 27 heavy (non-hydrogen) atoms. The molecule has 2 aromatic carbocycles. The highest BCUT2D eigenvalue weighted by Gasteiger charge is 2.35. The Hall–Kier alpha value is -2.48. The highest BCUT2D eigenvalue weighted by molar-refractivity contribution is 6.26. The van der Waals surface area contributed by atoms with Crippen LogP contribution in [0.2, 0.25) is 0 Å². The van der Waals surface area contributed by atoms with Gasteiger partial charge >= 0.3 is 0 Å². The predicted molar refractivity (Wildman–Crippen MR) is 102 cm³/mol. The van der Waals surface area contributed by atoms with Crippen LogP contribution in [-0.2, 0) is 9.57 Å². The van der Waals surface area contributed by atoms with E-state index in [2.05, 4.69) is 4.90 Å². The number of imide groups is 1. The van der Waals surface area contributed by atoms with E-state index in [0.29, 0.717) is 42.7 Å². The number of carbonyl (C=O) groups excluding carboxylic acids is 2. The van der Waals surface area contributed by atoms with Gasteiger partial charge in [-0.1, -0.05) is 12.1 Å². The van der Waals surface area contributed by atoms with Crippen molar-refractivity contribution < 1.29 is 19.2 Å². The van der Waals surface area contributed by atoms with E-state index in [1.807, 2.05) is 18.2 Å². The van der Waals surface area contributed by atoms with Crippen LogP contribution >= 0.6 is 0 Å². The Morgan fingerprint density at radius 1 is 1.11 bits per heavy atom. The molecule has 2 heterocycles. The maximum atomic E-state index is 13.0. The van der Waals surface area contributed by atoms with Crippen molar-refractivity contribution in [1.82, 2.24) is 5.06 Å². The molecule has 1 fully saturated rings. The summed E-state index contributed by atoms with van der Waals surface area (Å²) in [6.07, 6.45) is 0.237. The van der Waals surface area contributed by atoms with Crippen LogP contribution in [0.4, 0.5) is 5.69 Å². The number of rotatable bonds is 5. The average Bonchev–Trinajstić information content (AvgIpc) is 2.70. The van der Waals surface area contributed by atoms with Crippen LogP contribution in [0.3, 0.4) is 0 Å². The molecule has 2 amide bonds. The molecule has 2 N–H and O–H groups in total. The molecular formula is C20H23N3O4. The Labute approximate surface area is 157 Å². The fraction of sp³-hybridized carbons (Fsp3) is 0.400. The molecule has 0 aliphatic carbocycles. The first-order valence-electron chi connectivity index (χ1n) is 9.26. The fourth-order valence-electron chi connectivity index (χ4n) is 3.70. The summed E-state index contributed by atoms with van der Waals surface area (Å²) in [6.45, 7) is 5.12. The molecule has 1 unspecified atom stereocenters. The van der Waals surface area contributed by atoms with E-state index in [-0.39, 0.29) is 6.10 Å². The minimum Gasteiger partial charge on any atom is -0.378 e. The Morgan fingerprint density at radius 3 is 2.52 bits per heavy atom. The number of benzene rings is 2. The number of nitrogens with zero attached hydrogens (tertiary/aromatic N) is 2. The molecule has 142 valence electrons. The number of hydrogen-bond acceptors (Lipinski definition) is 6. The van der Waals surface area contributed by atoms with Gasteiger partial charge < -0.3 is 15.4 Å². The molecule has 2 aromatic rings. The maximum Gasteiger partial charge on any atom is 0.285 e. The van der Waals surface area contributed by atoms with Crippen LogP contribution < -0.4 is 10.6 Å². The van der Waals surface area contributed by atoms with Crippen LogP contribution in [0.15, 0.2) is 30.3 Å². The van der Waals surface area contributed by atoms with Crippen LogP contribution in [0.1, 0.15) is 34.1 Å². The lowest BCUT2D eigenvalue weighted by Crippen LogP contribution is -2.42. The van der Waals surface area contributed by atoms with Gasteiger partial charge in [0.05, 0.1) is 30.4 Å². The Balaban J connectivity index is 1.78. The third-order valence-electron chi connectivity index (χ3n) is 5.06. The molecule has 0 spiro atoms. The van der Waals surface area contributed by atoms with Gasteiger partial charge in [0.2, 0.25) is 0 Å². The molecule has 7 nitrogen and oxygen atoms in total. The number of carbonyl (C=O) groups is 2. The van der Waals surface area contributed by atoms with Crippen molar-refractivity contribution >= 4 is 28.3 Å².